The van der Waals surface area contributed by atoms with Gasteiger partial charge in [-0.05, 0) is 43.4 Å². The molecule has 0 radical (unpaired) electrons. The fourth-order valence-electron chi connectivity index (χ4n) is 4.21. The van der Waals surface area contributed by atoms with Crippen LogP contribution in [0.4, 0.5) is 0 Å². The lowest BCUT2D eigenvalue weighted by Gasteiger charge is -2.26. The Bertz CT molecular complexity index is 1000. The van der Waals surface area contributed by atoms with Crippen molar-refractivity contribution in [1.82, 2.24) is 20.5 Å². The number of aromatic nitrogens is 1. The third kappa shape index (κ3) is 9.59. The second-order valence-electron chi connectivity index (χ2n) is 10.1. The molecular formula is C29H45N5O4. The topological polar surface area (TPSA) is 131 Å². The Hall–Kier alpha value is -3.20. The van der Waals surface area contributed by atoms with Gasteiger partial charge in [-0.2, -0.15) is 0 Å². The van der Waals surface area contributed by atoms with Gasteiger partial charge in [0.2, 0.25) is 5.91 Å². The largest absolute Gasteiger partial charge is 0.449 e. The highest BCUT2D eigenvalue weighted by molar-refractivity contribution is 5.99. The van der Waals surface area contributed by atoms with Crippen LogP contribution in [0, 0.1) is 11.8 Å². The maximum absolute atomic E-state index is 13.3. The minimum Gasteiger partial charge on any atom is -0.449 e. The van der Waals surface area contributed by atoms with E-state index in [9.17, 15) is 14.4 Å². The van der Waals surface area contributed by atoms with Crippen molar-refractivity contribution in [3.63, 3.8) is 0 Å². The van der Waals surface area contributed by atoms with Crippen LogP contribution in [0.25, 0.3) is 0 Å². The van der Waals surface area contributed by atoms with Crippen LogP contribution in [0.5, 0.6) is 0 Å². The van der Waals surface area contributed by atoms with Gasteiger partial charge in [0.25, 0.3) is 11.8 Å². The first-order valence-corrected chi connectivity index (χ1v) is 13.8. The molecule has 0 bridgehead atoms. The normalized spacial score (nSPS) is 14.3. The molecule has 3 amide bonds. The maximum Gasteiger partial charge on any atom is 0.253 e. The molecule has 2 aromatic rings. The molecule has 9 nitrogen and oxygen atoms in total. The Morgan fingerprint density at radius 3 is 2.37 bits per heavy atom. The van der Waals surface area contributed by atoms with Crippen molar-refractivity contribution < 1.29 is 18.8 Å². The number of oxazole rings is 1. The van der Waals surface area contributed by atoms with Gasteiger partial charge in [-0.25, -0.2) is 4.98 Å². The van der Waals surface area contributed by atoms with Crippen LogP contribution in [0.15, 0.2) is 41.1 Å². The van der Waals surface area contributed by atoms with Crippen molar-refractivity contribution in [2.24, 2.45) is 17.6 Å². The monoisotopic (exact) mass is 527 g/mol. The van der Waals surface area contributed by atoms with Crippen molar-refractivity contribution in [2.75, 3.05) is 19.6 Å². The molecule has 0 spiro atoms. The molecule has 1 aromatic carbocycles. The van der Waals surface area contributed by atoms with Crippen molar-refractivity contribution in [2.45, 2.75) is 78.8 Å². The minimum absolute atomic E-state index is 0.0584. The highest BCUT2D eigenvalue weighted by Crippen LogP contribution is 2.15. The summed E-state index contributed by atoms with van der Waals surface area (Å²) >= 11 is 0. The molecule has 0 fully saturated rings. The summed E-state index contributed by atoms with van der Waals surface area (Å²) in [6, 6.07) is 5.69. The number of amides is 3. The number of hydrogen-bond acceptors (Lipinski definition) is 6. The number of rotatable bonds is 16. The van der Waals surface area contributed by atoms with Crippen LogP contribution in [0.1, 0.15) is 86.9 Å². The summed E-state index contributed by atoms with van der Waals surface area (Å²) in [7, 11) is 0. The molecule has 2 rings (SSSR count). The molecule has 4 atom stereocenters. The number of nitrogens with zero attached hydrogens (tertiary/aromatic N) is 2. The van der Waals surface area contributed by atoms with Gasteiger partial charge in [0.15, 0.2) is 5.89 Å². The van der Waals surface area contributed by atoms with Crippen molar-refractivity contribution in [3.05, 3.63) is 53.7 Å². The molecule has 4 N–H and O–H groups in total. The summed E-state index contributed by atoms with van der Waals surface area (Å²) in [6.45, 7) is 12.0. The molecule has 0 aliphatic heterocycles. The Labute approximate surface area is 226 Å². The van der Waals surface area contributed by atoms with Crippen molar-refractivity contribution in [1.29, 1.82) is 0 Å². The molecule has 1 heterocycles. The Morgan fingerprint density at radius 1 is 1.08 bits per heavy atom. The standard InChI is InChI=1S/C29H45N5O4/c1-6-13-34(14-7-2)29(37)23-11-9-10-22(17-23)28(36)33-25(18-26-31-12-15-38-26)24(30)16-21(5)27(35)32-19-20(4)8-3/h9-12,15,17,20-21,24-25H,6-8,13-14,16,18-19,30H2,1-5H3,(H,32,35)(H,33,36)/t20-,21+,24-,25-/m0/s1. The molecular weight excluding hydrogens is 482 g/mol. The maximum atomic E-state index is 13.3. The van der Waals surface area contributed by atoms with E-state index in [1.807, 2.05) is 25.7 Å². The molecule has 0 aliphatic carbocycles. The second kappa shape index (κ2) is 15.9. The number of nitrogens with two attached hydrogens (primary N) is 1. The molecule has 210 valence electrons. The molecule has 0 saturated heterocycles. The molecule has 9 heteroatoms. The molecule has 0 unspecified atom stereocenters. The van der Waals surface area contributed by atoms with Crippen LogP contribution >= 0.6 is 0 Å². The number of carbonyl (C=O) groups is 3. The van der Waals surface area contributed by atoms with Crippen LogP contribution < -0.4 is 16.4 Å². The van der Waals surface area contributed by atoms with Gasteiger partial charge in [0.1, 0.15) is 6.26 Å². The van der Waals surface area contributed by atoms with Gasteiger partial charge in [-0.15, -0.1) is 0 Å². The lowest BCUT2D eigenvalue weighted by atomic mass is 9.93. The summed E-state index contributed by atoms with van der Waals surface area (Å²) in [5, 5.41) is 5.98. The molecule has 0 aliphatic rings. The second-order valence-corrected chi connectivity index (χ2v) is 10.1. The van der Waals surface area contributed by atoms with Crippen molar-refractivity contribution >= 4 is 17.7 Å². The summed E-state index contributed by atoms with van der Waals surface area (Å²) < 4.78 is 5.41. The third-order valence-corrected chi connectivity index (χ3v) is 6.75. The first kappa shape index (κ1) is 31.0. The van der Waals surface area contributed by atoms with E-state index in [4.69, 9.17) is 10.2 Å². The number of hydrogen-bond donors (Lipinski definition) is 3. The average molecular weight is 528 g/mol. The van der Waals surface area contributed by atoms with E-state index >= 15 is 0 Å². The summed E-state index contributed by atoms with van der Waals surface area (Å²) in [6.07, 6.45) is 6.37. The van der Waals surface area contributed by atoms with Crippen molar-refractivity contribution in [3.8, 4) is 0 Å². The van der Waals surface area contributed by atoms with Gasteiger partial charge in [-0.1, -0.05) is 47.1 Å². The quantitative estimate of drug-likeness (QED) is 0.304. The van der Waals surface area contributed by atoms with E-state index in [0.717, 1.165) is 19.3 Å². The van der Waals surface area contributed by atoms with Crippen LogP contribution in [0.3, 0.4) is 0 Å². The summed E-state index contributed by atoms with van der Waals surface area (Å²) in [4.78, 5) is 45.0. The SMILES string of the molecule is CCCN(CCC)C(=O)c1cccc(C(=O)N[C@@H](Cc2ncco2)[C@@H](N)C[C@@H](C)C(=O)NC[C@@H](C)CC)c1. The van der Waals surface area contributed by atoms with Crippen LogP contribution in [-0.4, -0.2) is 59.3 Å². The smallest absolute Gasteiger partial charge is 0.253 e. The zero-order valence-corrected chi connectivity index (χ0v) is 23.5. The highest BCUT2D eigenvalue weighted by atomic mass is 16.3. The van der Waals surface area contributed by atoms with Gasteiger partial charge < -0.3 is 25.7 Å². The van der Waals surface area contributed by atoms with Crippen LogP contribution in [0.2, 0.25) is 0 Å². The third-order valence-electron chi connectivity index (χ3n) is 6.75. The van der Waals surface area contributed by atoms with E-state index in [1.54, 1.807) is 24.3 Å². The first-order chi connectivity index (χ1) is 18.2. The van der Waals surface area contributed by atoms with E-state index in [1.165, 1.54) is 12.5 Å². The molecule has 38 heavy (non-hydrogen) atoms. The lowest BCUT2D eigenvalue weighted by molar-refractivity contribution is -0.125. The Balaban J connectivity index is 2.15. The zero-order chi connectivity index (χ0) is 28.1. The van der Waals surface area contributed by atoms with Crippen LogP contribution in [-0.2, 0) is 11.2 Å². The van der Waals surface area contributed by atoms with E-state index in [2.05, 4.69) is 29.5 Å². The van der Waals surface area contributed by atoms with Gasteiger partial charge in [0, 0.05) is 49.1 Å². The zero-order valence-electron chi connectivity index (χ0n) is 23.5. The number of benzene rings is 1. The highest BCUT2D eigenvalue weighted by Gasteiger charge is 2.27. The number of nitrogens with one attached hydrogen (secondary N) is 2. The molecule has 0 saturated carbocycles. The fraction of sp³-hybridized carbons (Fsp3) is 0.586. The summed E-state index contributed by atoms with van der Waals surface area (Å²) in [5.74, 6) is 0.0134. The minimum atomic E-state index is -0.526. The van der Waals surface area contributed by atoms with Gasteiger partial charge >= 0.3 is 0 Å². The van der Waals surface area contributed by atoms with E-state index in [0.29, 0.717) is 49.0 Å². The average Bonchev–Trinajstić information content (AvgIpc) is 3.43. The number of carbonyl (C=O) groups excluding carboxylic acids is 3. The Morgan fingerprint density at radius 2 is 1.76 bits per heavy atom. The molecule has 1 aromatic heterocycles. The van der Waals surface area contributed by atoms with E-state index < -0.39 is 12.1 Å². The van der Waals surface area contributed by atoms with E-state index in [-0.39, 0.29) is 30.1 Å². The Kier molecular flexibility index (Phi) is 13.0. The first-order valence-electron chi connectivity index (χ1n) is 13.8. The van der Waals surface area contributed by atoms with Gasteiger partial charge in [0.05, 0.1) is 12.2 Å². The summed E-state index contributed by atoms with van der Waals surface area (Å²) in [5.41, 5.74) is 7.38. The lowest BCUT2D eigenvalue weighted by Crippen LogP contribution is -2.50. The predicted octanol–water partition coefficient (Wildman–Crippen LogP) is 3.79. The fourth-order valence-corrected chi connectivity index (χ4v) is 4.21. The van der Waals surface area contributed by atoms with Gasteiger partial charge in [-0.3, -0.25) is 14.4 Å². The predicted molar refractivity (Wildman–Crippen MR) is 149 cm³/mol.